The molecule has 7 heteroatoms. The Kier molecular flexibility index (Phi) is 10.6. The number of rotatable bonds is 13. The van der Waals surface area contributed by atoms with Gasteiger partial charge >= 0.3 is 5.97 Å². The number of carboxylic acid groups (broad SMARTS) is 1. The molecule has 0 spiro atoms. The Hall–Kier alpha value is -5.29. The van der Waals surface area contributed by atoms with Crippen molar-refractivity contribution < 1.29 is 9.90 Å². The fraction of sp³-hybridized carbons (Fsp3) is 0.146. The summed E-state index contributed by atoms with van der Waals surface area (Å²) in [5.41, 5.74) is 6.95. The molecule has 0 fully saturated rings. The molecule has 1 N–H and O–H groups in total. The molecule has 0 amide bonds. The zero-order valence-electron chi connectivity index (χ0n) is 26.7. The summed E-state index contributed by atoms with van der Waals surface area (Å²) in [5, 5.41) is 18.3. The Labute approximate surface area is 289 Å². The molecule has 48 heavy (non-hydrogen) atoms. The number of unbranched alkanes of at least 4 members (excludes halogenated alkanes) is 3. The van der Waals surface area contributed by atoms with E-state index in [1.54, 1.807) is 23.6 Å². The largest absolute Gasteiger partial charge is 0.477 e. The van der Waals surface area contributed by atoms with Crippen LogP contribution in [0.2, 0.25) is 0 Å². The van der Waals surface area contributed by atoms with Gasteiger partial charge in [-0.15, -0.1) is 22.7 Å². The van der Waals surface area contributed by atoms with Crippen LogP contribution >= 0.6 is 22.7 Å². The summed E-state index contributed by atoms with van der Waals surface area (Å²) in [6, 6.07) is 41.8. The van der Waals surface area contributed by atoms with Crippen LogP contribution in [0, 0.1) is 11.3 Å². The highest BCUT2D eigenvalue weighted by molar-refractivity contribution is 7.25. The van der Waals surface area contributed by atoms with Gasteiger partial charge in [0.1, 0.15) is 11.6 Å². The number of carboxylic acids is 1. The highest BCUT2D eigenvalue weighted by atomic mass is 32.1. The highest BCUT2D eigenvalue weighted by Gasteiger charge is 2.17. The molecule has 0 bridgehead atoms. The van der Waals surface area contributed by atoms with Gasteiger partial charge < -0.3 is 10.0 Å². The number of nitriles is 1. The Morgan fingerprint density at radius 2 is 1.46 bits per heavy atom. The number of anilines is 3. The van der Waals surface area contributed by atoms with Gasteiger partial charge in [0.05, 0.1) is 10.6 Å². The van der Waals surface area contributed by atoms with Crippen LogP contribution in [0.3, 0.4) is 0 Å². The lowest BCUT2D eigenvalue weighted by atomic mass is 10.1. The van der Waals surface area contributed by atoms with Gasteiger partial charge in [0.2, 0.25) is 0 Å². The van der Waals surface area contributed by atoms with Crippen LogP contribution in [-0.4, -0.2) is 16.1 Å². The average molecular weight is 666 g/mol. The quantitative estimate of drug-likeness (QED) is 0.0754. The van der Waals surface area contributed by atoms with E-state index in [0.29, 0.717) is 5.56 Å². The van der Waals surface area contributed by atoms with Gasteiger partial charge in [0.15, 0.2) is 0 Å². The minimum absolute atomic E-state index is 0.315. The van der Waals surface area contributed by atoms with Crippen molar-refractivity contribution in [3.05, 3.63) is 138 Å². The van der Waals surface area contributed by atoms with E-state index in [0.717, 1.165) is 40.5 Å². The van der Waals surface area contributed by atoms with Crippen molar-refractivity contribution >= 4 is 51.8 Å². The standard InChI is InChI=1S/C41H35N3O2S2/c1-2-3-4-7-12-31-26-39(36-22-17-29(28-43-36)25-32(27-42)41(45)46)48-40(31)38-24-23-37(47-38)30-18-20-35(21-19-30)44(33-13-8-5-9-14-33)34-15-10-6-11-16-34/h5-6,8-11,13-26,28H,2-4,7,12H2,1H3,(H,45,46)/b32-25-. The fourth-order valence-corrected chi connectivity index (χ4v) is 7.97. The maximum Gasteiger partial charge on any atom is 0.346 e. The lowest BCUT2D eigenvalue weighted by Crippen LogP contribution is -2.09. The van der Waals surface area contributed by atoms with E-state index < -0.39 is 5.97 Å². The molecule has 5 nitrogen and oxygen atoms in total. The van der Waals surface area contributed by atoms with Gasteiger partial charge in [-0.05, 0) is 96.3 Å². The van der Waals surface area contributed by atoms with Crippen molar-refractivity contribution in [3.63, 3.8) is 0 Å². The second-order valence-corrected chi connectivity index (χ2v) is 13.6. The summed E-state index contributed by atoms with van der Waals surface area (Å²) in [7, 11) is 0. The predicted molar refractivity (Wildman–Crippen MR) is 200 cm³/mol. The number of aliphatic carboxylic acids is 1. The second-order valence-electron chi connectivity index (χ2n) is 11.4. The molecule has 0 saturated carbocycles. The molecule has 0 unspecified atom stereocenters. The maximum absolute atomic E-state index is 11.3. The number of para-hydroxylation sites is 2. The highest BCUT2D eigenvalue weighted by Crippen LogP contribution is 2.44. The normalized spacial score (nSPS) is 11.3. The number of benzene rings is 3. The molecular formula is C41H35N3O2S2. The molecule has 238 valence electrons. The number of hydrogen-bond donors (Lipinski definition) is 1. The van der Waals surface area contributed by atoms with Crippen molar-refractivity contribution in [2.24, 2.45) is 0 Å². The summed E-state index contributed by atoms with van der Waals surface area (Å²) in [4.78, 5) is 23.0. The molecule has 6 rings (SSSR count). The van der Waals surface area contributed by atoms with Crippen molar-refractivity contribution in [3.8, 4) is 36.8 Å². The first-order valence-electron chi connectivity index (χ1n) is 16.1. The molecule has 3 aromatic carbocycles. The molecule has 3 aromatic heterocycles. The Morgan fingerprint density at radius 1 is 0.792 bits per heavy atom. The number of aryl methyl sites for hydroxylation is 1. The molecule has 0 atom stereocenters. The summed E-state index contributed by atoms with van der Waals surface area (Å²) in [6.45, 7) is 2.23. The van der Waals surface area contributed by atoms with E-state index in [2.05, 4.69) is 108 Å². The van der Waals surface area contributed by atoms with Crippen LogP contribution < -0.4 is 4.90 Å². The van der Waals surface area contributed by atoms with Crippen molar-refractivity contribution in [2.75, 3.05) is 4.90 Å². The summed E-state index contributed by atoms with van der Waals surface area (Å²) < 4.78 is 0. The first-order chi connectivity index (χ1) is 23.5. The number of carbonyl (C=O) groups is 1. The van der Waals surface area contributed by atoms with E-state index in [-0.39, 0.29) is 5.57 Å². The van der Waals surface area contributed by atoms with E-state index in [9.17, 15) is 9.90 Å². The summed E-state index contributed by atoms with van der Waals surface area (Å²) in [6.07, 6.45) is 8.75. The lowest BCUT2D eigenvalue weighted by Gasteiger charge is -2.25. The number of aromatic nitrogens is 1. The van der Waals surface area contributed by atoms with Gasteiger partial charge in [-0.1, -0.05) is 80.8 Å². The fourth-order valence-electron chi connectivity index (χ4n) is 5.63. The monoisotopic (exact) mass is 665 g/mol. The van der Waals surface area contributed by atoms with Crippen LogP contribution in [0.25, 0.3) is 36.8 Å². The van der Waals surface area contributed by atoms with Crippen molar-refractivity contribution in [2.45, 2.75) is 39.0 Å². The molecule has 0 aliphatic rings. The number of pyridine rings is 1. The zero-order chi connectivity index (χ0) is 33.3. The van der Waals surface area contributed by atoms with Crippen LogP contribution in [0.15, 0.2) is 127 Å². The Balaban J connectivity index is 1.28. The molecular weight excluding hydrogens is 631 g/mol. The van der Waals surface area contributed by atoms with Gasteiger partial charge in [0.25, 0.3) is 0 Å². The first kappa shape index (κ1) is 32.6. The van der Waals surface area contributed by atoms with Crippen LogP contribution in [0.4, 0.5) is 17.1 Å². The number of thiophene rings is 2. The van der Waals surface area contributed by atoms with Gasteiger partial charge in [-0.3, -0.25) is 4.98 Å². The van der Waals surface area contributed by atoms with Crippen molar-refractivity contribution in [1.82, 2.24) is 4.98 Å². The van der Waals surface area contributed by atoms with Gasteiger partial charge in [-0.2, -0.15) is 5.26 Å². The average Bonchev–Trinajstić information content (AvgIpc) is 3.79. The zero-order valence-corrected chi connectivity index (χ0v) is 28.3. The van der Waals surface area contributed by atoms with E-state index in [1.807, 2.05) is 35.6 Å². The Bertz CT molecular complexity index is 2000. The number of hydrogen-bond acceptors (Lipinski definition) is 6. The minimum atomic E-state index is -1.25. The smallest absolute Gasteiger partial charge is 0.346 e. The van der Waals surface area contributed by atoms with E-state index in [4.69, 9.17) is 5.26 Å². The molecule has 0 saturated heterocycles. The summed E-state index contributed by atoms with van der Waals surface area (Å²) >= 11 is 3.56. The number of nitrogens with zero attached hydrogens (tertiary/aromatic N) is 3. The third-order valence-electron chi connectivity index (χ3n) is 8.08. The molecule has 3 heterocycles. The van der Waals surface area contributed by atoms with E-state index in [1.165, 1.54) is 51.1 Å². The molecule has 0 radical (unpaired) electrons. The Morgan fingerprint density at radius 3 is 2.06 bits per heavy atom. The SMILES string of the molecule is CCCCCCc1cc(-c2ccc(/C=C(/C#N)C(=O)O)cn2)sc1-c1ccc(-c2ccc(N(c3ccccc3)c3ccccc3)cc2)s1. The second kappa shape index (κ2) is 15.5. The summed E-state index contributed by atoms with van der Waals surface area (Å²) in [5.74, 6) is -1.25. The first-order valence-corrected chi connectivity index (χ1v) is 17.7. The predicted octanol–water partition coefficient (Wildman–Crippen LogP) is 11.8. The topological polar surface area (TPSA) is 77.2 Å². The van der Waals surface area contributed by atoms with Gasteiger partial charge in [0, 0.05) is 37.9 Å². The van der Waals surface area contributed by atoms with Crippen molar-refractivity contribution in [1.29, 1.82) is 5.26 Å². The third kappa shape index (κ3) is 7.63. The molecule has 6 aromatic rings. The van der Waals surface area contributed by atoms with Gasteiger partial charge in [-0.25, -0.2) is 4.79 Å². The van der Waals surface area contributed by atoms with Crippen LogP contribution in [0.5, 0.6) is 0 Å². The third-order valence-corrected chi connectivity index (χ3v) is 10.6. The minimum Gasteiger partial charge on any atom is -0.477 e. The van der Waals surface area contributed by atoms with Crippen LogP contribution in [0.1, 0.15) is 43.7 Å². The molecule has 0 aliphatic heterocycles. The van der Waals surface area contributed by atoms with Crippen LogP contribution in [-0.2, 0) is 11.2 Å². The van der Waals surface area contributed by atoms with E-state index >= 15 is 0 Å². The molecule has 0 aliphatic carbocycles. The maximum atomic E-state index is 11.3. The lowest BCUT2D eigenvalue weighted by molar-refractivity contribution is -0.132.